The van der Waals surface area contributed by atoms with Crippen molar-refractivity contribution in [1.82, 2.24) is 9.55 Å². The van der Waals surface area contributed by atoms with Crippen LogP contribution in [0.1, 0.15) is 17.5 Å². The van der Waals surface area contributed by atoms with Gasteiger partial charge in [-0.25, -0.2) is 9.18 Å². The quantitative estimate of drug-likeness (QED) is 0.573. The molecule has 1 aliphatic carbocycles. The van der Waals surface area contributed by atoms with E-state index < -0.39 is 23.0 Å². The van der Waals surface area contributed by atoms with Gasteiger partial charge in [0, 0.05) is 18.2 Å². The third-order valence-electron chi connectivity index (χ3n) is 5.89. The molecule has 0 bridgehead atoms. The first-order chi connectivity index (χ1) is 15.1. The minimum Gasteiger partial charge on any atom is -0.376 e. The summed E-state index contributed by atoms with van der Waals surface area (Å²) in [6.07, 6.45) is 0.315. The molecule has 6 nitrogen and oxygen atoms in total. The summed E-state index contributed by atoms with van der Waals surface area (Å²) in [5.74, 6) is -0.273. The maximum absolute atomic E-state index is 15.1. The average molecular weight is 424 g/mol. The van der Waals surface area contributed by atoms with Gasteiger partial charge in [0.15, 0.2) is 0 Å². The van der Waals surface area contributed by atoms with Crippen molar-refractivity contribution in [2.45, 2.75) is 31.3 Å². The summed E-state index contributed by atoms with van der Waals surface area (Å²) in [5, 5.41) is 0. The van der Waals surface area contributed by atoms with Crippen molar-refractivity contribution < 1.29 is 13.9 Å². The van der Waals surface area contributed by atoms with Crippen LogP contribution in [0.25, 0.3) is 0 Å². The monoisotopic (exact) mass is 424 g/mol. The Labute approximate surface area is 179 Å². The highest BCUT2D eigenvalue weighted by Gasteiger charge is 2.58. The van der Waals surface area contributed by atoms with Crippen LogP contribution in [0.4, 0.5) is 4.39 Å². The lowest BCUT2D eigenvalue weighted by molar-refractivity contribution is -0.141. The second-order valence-electron chi connectivity index (χ2n) is 7.85. The van der Waals surface area contributed by atoms with E-state index in [9.17, 15) is 9.59 Å². The lowest BCUT2D eigenvalue weighted by Gasteiger charge is -2.52. The van der Waals surface area contributed by atoms with E-state index in [0.717, 1.165) is 11.1 Å². The zero-order chi connectivity index (χ0) is 21.7. The maximum Gasteiger partial charge on any atom is 0.329 e. The number of hydrogen-bond acceptors (Lipinski definition) is 4. The highest BCUT2D eigenvalue weighted by molar-refractivity contribution is 5.15. The molecule has 1 aliphatic rings. The summed E-state index contributed by atoms with van der Waals surface area (Å²) >= 11 is 0. The Hall–Kier alpha value is -3.03. The van der Waals surface area contributed by atoms with Crippen LogP contribution < -0.4 is 11.2 Å². The van der Waals surface area contributed by atoms with Crippen LogP contribution >= 0.6 is 0 Å². The second-order valence-corrected chi connectivity index (χ2v) is 7.85. The fourth-order valence-corrected chi connectivity index (χ4v) is 4.14. The Balaban J connectivity index is 1.53. The molecule has 1 heterocycles. The zero-order valence-electron chi connectivity index (χ0n) is 17.1. The number of rotatable bonds is 9. The number of ether oxygens (including phenoxy) is 2. The number of nitrogens with zero attached hydrogens (tertiary/aromatic N) is 1. The largest absolute Gasteiger partial charge is 0.376 e. The lowest BCUT2D eigenvalue weighted by Crippen LogP contribution is -2.66. The molecule has 4 rings (SSSR count). The molecule has 0 aliphatic heterocycles. The molecule has 3 atom stereocenters. The Morgan fingerprint density at radius 3 is 2.13 bits per heavy atom. The first-order valence-electron chi connectivity index (χ1n) is 10.3. The molecule has 3 aromatic rings. The Morgan fingerprint density at radius 1 is 0.935 bits per heavy atom. The number of benzene rings is 2. The normalized spacial score (nSPS) is 22.7. The van der Waals surface area contributed by atoms with E-state index in [-0.39, 0.29) is 25.6 Å². The van der Waals surface area contributed by atoms with Crippen LogP contribution in [0.15, 0.2) is 82.5 Å². The van der Waals surface area contributed by atoms with Crippen LogP contribution in [0, 0.1) is 5.92 Å². The van der Waals surface area contributed by atoms with Gasteiger partial charge in [-0.2, -0.15) is 0 Å². The number of H-pyrrole nitrogens is 1. The number of hydrogen-bond donors (Lipinski definition) is 1. The number of alkyl halides is 1. The second kappa shape index (κ2) is 9.41. The van der Waals surface area contributed by atoms with Crippen LogP contribution in [-0.2, 0) is 28.2 Å². The lowest BCUT2D eigenvalue weighted by atomic mass is 9.65. The summed E-state index contributed by atoms with van der Waals surface area (Å²) in [6, 6.07) is 20.5. The van der Waals surface area contributed by atoms with E-state index in [2.05, 4.69) is 4.98 Å². The molecule has 0 spiro atoms. The predicted octanol–water partition coefficient (Wildman–Crippen LogP) is 3.02. The summed E-state index contributed by atoms with van der Waals surface area (Å²) in [6.45, 7) is 0.963. The van der Waals surface area contributed by atoms with Crippen LogP contribution in [0.3, 0.4) is 0 Å². The summed E-state index contributed by atoms with van der Waals surface area (Å²) in [5.41, 5.74) is -0.421. The number of aromatic nitrogens is 2. The molecule has 1 saturated carbocycles. The first kappa shape index (κ1) is 21.2. The Morgan fingerprint density at radius 2 is 1.55 bits per heavy atom. The molecule has 7 heteroatoms. The van der Waals surface area contributed by atoms with Gasteiger partial charge in [-0.05, 0) is 17.5 Å². The maximum atomic E-state index is 15.1. The number of halogens is 1. The van der Waals surface area contributed by atoms with Crippen molar-refractivity contribution in [2.24, 2.45) is 5.92 Å². The van der Waals surface area contributed by atoms with E-state index in [4.69, 9.17) is 9.47 Å². The van der Waals surface area contributed by atoms with E-state index in [1.165, 1.54) is 16.8 Å². The van der Waals surface area contributed by atoms with Gasteiger partial charge in [0.25, 0.3) is 5.56 Å². The molecule has 0 amide bonds. The van der Waals surface area contributed by atoms with E-state index in [0.29, 0.717) is 13.2 Å². The topological polar surface area (TPSA) is 73.3 Å². The summed E-state index contributed by atoms with van der Waals surface area (Å²) < 4.78 is 28.2. The molecule has 162 valence electrons. The van der Waals surface area contributed by atoms with Crippen molar-refractivity contribution in [2.75, 3.05) is 13.2 Å². The van der Waals surface area contributed by atoms with Crippen molar-refractivity contribution in [3.8, 4) is 0 Å². The summed E-state index contributed by atoms with van der Waals surface area (Å²) in [4.78, 5) is 26.3. The smallest absolute Gasteiger partial charge is 0.329 e. The highest BCUT2D eigenvalue weighted by Crippen LogP contribution is 2.47. The molecule has 1 N–H and O–H groups in total. The standard InChI is InChI=1S/C24H25FN2O4/c25-21-13-20(16-30-14-18-7-3-1-4-8-18)24(21,27-12-11-22(28)26-23(27)29)17-31-15-19-9-5-2-6-10-19/h1-12,20-21H,13-17H2,(H,26,28,29). The van der Waals surface area contributed by atoms with Gasteiger partial charge in [-0.15, -0.1) is 0 Å². The van der Waals surface area contributed by atoms with E-state index in [1.54, 1.807) is 0 Å². The van der Waals surface area contributed by atoms with Gasteiger partial charge < -0.3 is 9.47 Å². The molecule has 3 unspecified atom stereocenters. The third-order valence-corrected chi connectivity index (χ3v) is 5.89. The summed E-state index contributed by atoms with van der Waals surface area (Å²) in [7, 11) is 0. The minimum atomic E-state index is -1.29. The van der Waals surface area contributed by atoms with Gasteiger partial charge in [0.2, 0.25) is 0 Å². The van der Waals surface area contributed by atoms with Crippen LogP contribution in [0.5, 0.6) is 0 Å². The van der Waals surface area contributed by atoms with Crippen LogP contribution in [0.2, 0.25) is 0 Å². The highest BCUT2D eigenvalue weighted by atomic mass is 19.1. The molecule has 2 aromatic carbocycles. The van der Waals surface area contributed by atoms with Crippen molar-refractivity contribution in [1.29, 1.82) is 0 Å². The molecule has 1 fully saturated rings. The fourth-order valence-electron chi connectivity index (χ4n) is 4.14. The van der Waals surface area contributed by atoms with Gasteiger partial charge in [-0.1, -0.05) is 60.7 Å². The first-order valence-corrected chi connectivity index (χ1v) is 10.3. The fraction of sp³-hybridized carbons (Fsp3) is 0.333. The van der Waals surface area contributed by atoms with Gasteiger partial charge in [-0.3, -0.25) is 14.3 Å². The molecule has 31 heavy (non-hydrogen) atoms. The number of nitrogens with one attached hydrogen (secondary N) is 1. The molecule has 1 aromatic heterocycles. The third kappa shape index (κ3) is 4.52. The zero-order valence-corrected chi connectivity index (χ0v) is 17.1. The molecular weight excluding hydrogens is 399 g/mol. The van der Waals surface area contributed by atoms with Gasteiger partial charge in [0.1, 0.15) is 11.7 Å². The average Bonchev–Trinajstić information content (AvgIpc) is 2.78. The van der Waals surface area contributed by atoms with Crippen molar-refractivity contribution >= 4 is 0 Å². The SMILES string of the molecule is O=c1ccn(C2(COCc3ccccc3)C(F)CC2COCc2ccccc2)c(=O)[nH]1. The Bertz CT molecular complexity index is 1100. The van der Waals surface area contributed by atoms with Crippen LogP contribution in [-0.4, -0.2) is 28.9 Å². The van der Waals surface area contributed by atoms with Crippen molar-refractivity contribution in [3.05, 3.63) is 105 Å². The molecule has 0 radical (unpaired) electrons. The molecular formula is C24H25FN2O4. The van der Waals surface area contributed by atoms with E-state index in [1.807, 2.05) is 60.7 Å². The molecule has 0 saturated heterocycles. The van der Waals surface area contributed by atoms with Gasteiger partial charge >= 0.3 is 5.69 Å². The number of aromatic amines is 1. The predicted molar refractivity (Wildman–Crippen MR) is 114 cm³/mol. The minimum absolute atomic E-state index is 0.00558. The Kier molecular flexibility index (Phi) is 6.44. The van der Waals surface area contributed by atoms with Crippen molar-refractivity contribution in [3.63, 3.8) is 0 Å². The van der Waals surface area contributed by atoms with E-state index >= 15 is 4.39 Å². The van der Waals surface area contributed by atoms with Gasteiger partial charge in [0.05, 0.1) is 26.4 Å².